The zero-order chi connectivity index (χ0) is 19.3. The Morgan fingerprint density at radius 1 is 0.571 bits per heavy atom. The van der Waals surface area contributed by atoms with E-state index < -0.39 is 0 Å². The van der Waals surface area contributed by atoms with Crippen LogP contribution in [0.1, 0.15) is 16.7 Å². The van der Waals surface area contributed by atoms with Crippen molar-refractivity contribution in [1.82, 2.24) is 4.57 Å². The van der Waals surface area contributed by atoms with E-state index in [0.717, 1.165) is 0 Å². The predicted octanol–water partition coefficient (Wildman–Crippen LogP) is 7.38. The van der Waals surface area contributed by atoms with Crippen molar-refractivity contribution in [2.24, 2.45) is 0 Å². The minimum absolute atomic E-state index is 1.20. The number of hydrogen-bond donors (Lipinski definition) is 0. The van der Waals surface area contributed by atoms with Crippen molar-refractivity contribution in [3.05, 3.63) is 102 Å². The molecule has 0 atom stereocenters. The normalized spacial score (nSPS) is 11.4. The molecular weight excluding hydrogens is 338 g/mol. The van der Waals surface area contributed by atoms with E-state index in [0.29, 0.717) is 0 Å². The second kappa shape index (κ2) is 6.38. The molecular formula is C27H23N. The Balaban J connectivity index is 1.91. The van der Waals surface area contributed by atoms with Crippen LogP contribution >= 0.6 is 0 Å². The summed E-state index contributed by atoms with van der Waals surface area (Å²) in [5.41, 5.74) is 10.2. The molecule has 0 amide bonds. The minimum atomic E-state index is 1.20. The number of aromatic nitrogens is 1. The molecule has 1 heteroatoms. The molecule has 1 nitrogen and oxygen atoms in total. The highest BCUT2D eigenvalue weighted by atomic mass is 15.0. The highest BCUT2D eigenvalue weighted by molar-refractivity contribution is 6.15. The molecule has 5 aromatic rings. The van der Waals surface area contributed by atoms with E-state index >= 15 is 0 Å². The summed E-state index contributed by atoms with van der Waals surface area (Å²) in [5.74, 6) is 0. The van der Waals surface area contributed by atoms with E-state index in [1.54, 1.807) is 0 Å². The SMILES string of the molecule is Cc1ccc(-n2c3ccccc3c3c(-c4ccc(C)cc4C)cccc32)cc1. The summed E-state index contributed by atoms with van der Waals surface area (Å²) < 4.78 is 2.39. The van der Waals surface area contributed by atoms with Crippen LogP contribution in [0.15, 0.2) is 84.9 Å². The van der Waals surface area contributed by atoms with E-state index in [1.165, 1.54) is 55.3 Å². The average molecular weight is 361 g/mol. The molecule has 5 rings (SSSR count). The van der Waals surface area contributed by atoms with E-state index in [9.17, 15) is 0 Å². The Hall–Kier alpha value is -3.32. The lowest BCUT2D eigenvalue weighted by atomic mass is 9.95. The molecule has 136 valence electrons. The first-order valence-corrected chi connectivity index (χ1v) is 9.80. The van der Waals surface area contributed by atoms with E-state index in [-0.39, 0.29) is 0 Å². The van der Waals surface area contributed by atoms with Gasteiger partial charge >= 0.3 is 0 Å². The van der Waals surface area contributed by atoms with Crippen LogP contribution in [-0.2, 0) is 0 Å². The van der Waals surface area contributed by atoms with Crippen molar-refractivity contribution in [3.63, 3.8) is 0 Å². The van der Waals surface area contributed by atoms with Gasteiger partial charge in [0.2, 0.25) is 0 Å². The summed E-state index contributed by atoms with van der Waals surface area (Å²) in [5, 5.41) is 2.62. The smallest absolute Gasteiger partial charge is 0.0547 e. The molecule has 1 heterocycles. The number of hydrogen-bond acceptors (Lipinski definition) is 0. The van der Waals surface area contributed by atoms with Crippen molar-refractivity contribution in [3.8, 4) is 16.8 Å². The molecule has 0 saturated heterocycles. The molecule has 0 fully saturated rings. The molecule has 1 aromatic heterocycles. The van der Waals surface area contributed by atoms with E-state index in [1.807, 2.05) is 0 Å². The fourth-order valence-electron chi connectivity index (χ4n) is 4.33. The Labute approximate surface area is 165 Å². The third-order valence-corrected chi connectivity index (χ3v) is 5.66. The van der Waals surface area contributed by atoms with Crippen molar-refractivity contribution >= 4 is 21.8 Å². The Morgan fingerprint density at radius 3 is 2.07 bits per heavy atom. The van der Waals surface area contributed by atoms with Crippen LogP contribution < -0.4 is 0 Å². The van der Waals surface area contributed by atoms with E-state index in [4.69, 9.17) is 0 Å². The highest BCUT2D eigenvalue weighted by Gasteiger charge is 2.16. The van der Waals surface area contributed by atoms with Gasteiger partial charge in [-0.25, -0.2) is 0 Å². The lowest BCUT2D eigenvalue weighted by molar-refractivity contribution is 1.17. The van der Waals surface area contributed by atoms with Crippen molar-refractivity contribution in [2.45, 2.75) is 20.8 Å². The maximum Gasteiger partial charge on any atom is 0.0547 e. The molecule has 0 aliphatic carbocycles. The molecule has 28 heavy (non-hydrogen) atoms. The van der Waals surface area contributed by atoms with Gasteiger partial charge in [0.05, 0.1) is 11.0 Å². The number of para-hydroxylation sites is 1. The quantitative estimate of drug-likeness (QED) is 0.309. The lowest BCUT2D eigenvalue weighted by Gasteiger charge is -2.11. The second-order valence-corrected chi connectivity index (χ2v) is 7.71. The number of benzene rings is 4. The van der Waals surface area contributed by atoms with Gasteiger partial charge in [0.15, 0.2) is 0 Å². The fourth-order valence-corrected chi connectivity index (χ4v) is 4.33. The number of rotatable bonds is 2. The molecule has 0 unspecified atom stereocenters. The second-order valence-electron chi connectivity index (χ2n) is 7.71. The summed E-state index contributed by atoms with van der Waals surface area (Å²) in [6, 6.07) is 30.9. The van der Waals surface area contributed by atoms with Gasteiger partial charge in [0.25, 0.3) is 0 Å². The van der Waals surface area contributed by atoms with Crippen LogP contribution in [0.25, 0.3) is 38.6 Å². The topological polar surface area (TPSA) is 4.93 Å². The summed E-state index contributed by atoms with van der Waals surface area (Å²) in [6.45, 7) is 6.49. The zero-order valence-corrected chi connectivity index (χ0v) is 16.5. The number of fused-ring (bicyclic) bond motifs is 3. The van der Waals surface area contributed by atoms with Crippen molar-refractivity contribution in [2.75, 3.05) is 0 Å². The largest absolute Gasteiger partial charge is 0.309 e. The predicted molar refractivity (Wildman–Crippen MR) is 120 cm³/mol. The monoisotopic (exact) mass is 361 g/mol. The molecule has 4 aromatic carbocycles. The van der Waals surface area contributed by atoms with Crippen molar-refractivity contribution in [1.29, 1.82) is 0 Å². The van der Waals surface area contributed by atoms with Crippen LogP contribution in [0.2, 0.25) is 0 Å². The standard InChI is InChI=1S/C27H23N/c1-18-11-14-21(15-12-18)28-25-9-5-4-7-24(25)27-23(8-6-10-26(27)28)22-16-13-19(2)17-20(22)3/h4-17H,1-3H3. The van der Waals surface area contributed by atoms with Crippen LogP contribution in [0.5, 0.6) is 0 Å². The maximum atomic E-state index is 2.39. The molecule has 0 aliphatic heterocycles. The van der Waals surface area contributed by atoms with Gasteiger partial charge in [-0.1, -0.05) is 71.8 Å². The first-order chi connectivity index (χ1) is 13.6. The molecule has 0 radical (unpaired) electrons. The Bertz CT molecular complexity index is 1320. The average Bonchev–Trinajstić information content (AvgIpc) is 3.03. The van der Waals surface area contributed by atoms with Crippen molar-refractivity contribution < 1.29 is 0 Å². The summed E-state index contributed by atoms with van der Waals surface area (Å²) in [4.78, 5) is 0. The van der Waals surface area contributed by atoms with Gasteiger partial charge < -0.3 is 4.57 Å². The van der Waals surface area contributed by atoms with Crippen LogP contribution in [0, 0.1) is 20.8 Å². The number of nitrogens with zero attached hydrogens (tertiary/aromatic N) is 1. The fraction of sp³-hybridized carbons (Fsp3) is 0.111. The summed E-state index contributed by atoms with van der Waals surface area (Å²) >= 11 is 0. The molecule has 0 N–H and O–H groups in total. The van der Waals surface area contributed by atoms with Gasteiger partial charge in [-0.2, -0.15) is 0 Å². The van der Waals surface area contributed by atoms with Gasteiger partial charge in [0.1, 0.15) is 0 Å². The molecule has 0 saturated carbocycles. The van der Waals surface area contributed by atoms with Gasteiger partial charge in [0, 0.05) is 16.5 Å². The Morgan fingerprint density at radius 2 is 1.29 bits per heavy atom. The molecule has 0 bridgehead atoms. The van der Waals surface area contributed by atoms with E-state index in [2.05, 4.69) is 110 Å². The number of aryl methyl sites for hydroxylation is 3. The molecule has 0 spiro atoms. The van der Waals surface area contributed by atoms with Crippen LogP contribution in [0.3, 0.4) is 0 Å². The van der Waals surface area contributed by atoms with Gasteiger partial charge in [-0.15, -0.1) is 0 Å². The molecule has 0 aliphatic rings. The summed E-state index contributed by atoms with van der Waals surface area (Å²) in [6.07, 6.45) is 0. The van der Waals surface area contributed by atoms with Gasteiger partial charge in [-0.3, -0.25) is 0 Å². The maximum absolute atomic E-state index is 2.39. The highest BCUT2D eigenvalue weighted by Crippen LogP contribution is 2.39. The zero-order valence-electron chi connectivity index (χ0n) is 16.5. The third-order valence-electron chi connectivity index (χ3n) is 5.66. The summed E-state index contributed by atoms with van der Waals surface area (Å²) in [7, 11) is 0. The lowest BCUT2D eigenvalue weighted by Crippen LogP contribution is -1.93. The van der Waals surface area contributed by atoms with Gasteiger partial charge in [-0.05, 0) is 61.7 Å². The van der Waals surface area contributed by atoms with Crippen LogP contribution in [-0.4, -0.2) is 4.57 Å². The Kier molecular flexibility index (Phi) is 3.84. The van der Waals surface area contributed by atoms with Crippen LogP contribution in [0.4, 0.5) is 0 Å². The third kappa shape index (κ3) is 2.55. The first kappa shape index (κ1) is 16.8. The first-order valence-electron chi connectivity index (χ1n) is 9.80. The minimum Gasteiger partial charge on any atom is -0.309 e.